The van der Waals surface area contributed by atoms with Gasteiger partial charge in [0.25, 0.3) is 0 Å². The summed E-state index contributed by atoms with van der Waals surface area (Å²) in [7, 11) is 0. The van der Waals surface area contributed by atoms with Crippen molar-refractivity contribution in [2.75, 3.05) is 13.2 Å². The number of fused-ring (bicyclic) bond motifs is 1. The summed E-state index contributed by atoms with van der Waals surface area (Å²) in [5, 5.41) is 3.10. The molecule has 4 fully saturated rings. The van der Waals surface area contributed by atoms with Crippen molar-refractivity contribution >= 4 is 11.8 Å². The van der Waals surface area contributed by atoms with Crippen molar-refractivity contribution in [1.29, 1.82) is 0 Å². The molecule has 0 bridgehead atoms. The molecule has 3 N–H and O–H groups in total. The summed E-state index contributed by atoms with van der Waals surface area (Å²) in [4.78, 5) is 22.0. The van der Waals surface area contributed by atoms with Crippen molar-refractivity contribution in [3.8, 4) is 0 Å². The standard InChI is InChI=1S/C17H29NO3.C4H7NO.2H2/c19-16(9-5-4-8-13-6-2-1-3-7-13)18-14-12-21-15-10-11-20-17(14)15;5-4(6)3-1-2-3;;/h13-15,17H,1-12H2,(H,18,19);3H,1-2H2,(H2,5,6);2*1H/t14-,15+,17+;;;/m0.../s1. The number of nitrogens with two attached hydrogens (primary N) is 1. The Kier molecular flexibility index (Phi) is 7.94. The zero-order valence-corrected chi connectivity index (χ0v) is 16.5. The lowest BCUT2D eigenvalue weighted by Crippen LogP contribution is -2.43. The van der Waals surface area contributed by atoms with Gasteiger partial charge in [-0.3, -0.25) is 9.59 Å². The van der Waals surface area contributed by atoms with Crippen molar-refractivity contribution in [3.63, 3.8) is 0 Å². The van der Waals surface area contributed by atoms with E-state index in [1.165, 1.54) is 44.9 Å². The molecule has 27 heavy (non-hydrogen) atoms. The van der Waals surface area contributed by atoms with Crippen molar-refractivity contribution in [2.24, 2.45) is 17.6 Å². The van der Waals surface area contributed by atoms with E-state index in [1.807, 2.05) is 0 Å². The monoisotopic (exact) mass is 384 g/mol. The highest BCUT2D eigenvalue weighted by Crippen LogP contribution is 2.29. The van der Waals surface area contributed by atoms with Crippen molar-refractivity contribution < 1.29 is 21.9 Å². The second-order valence-electron chi connectivity index (χ2n) is 8.60. The molecule has 0 aromatic rings. The Balaban J connectivity index is 0.000000455. The van der Waals surface area contributed by atoms with Crippen LogP contribution >= 0.6 is 0 Å². The third-order valence-electron chi connectivity index (χ3n) is 6.28. The van der Waals surface area contributed by atoms with Crippen LogP contribution in [-0.4, -0.2) is 43.3 Å². The molecule has 2 saturated carbocycles. The first-order valence-corrected chi connectivity index (χ1v) is 11.0. The molecule has 0 spiro atoms. The van der Waals surface area contributed by atoms with E-state index in [9.17, 15) is 9.59 Å². The second kappa shape index (κ2) is 10.4. The molecule has 0 aromatic carbocycles. The van der Waals surface area contributed by atoms with Crippen LogP contribution in [0.25, 0.3) is 0 Å². The van der Waals surface area contributed by atoms with Gasteiger partial charge in [0.05, 0.1) is 18.8 Å². The average molecular weight is 385 g/mol. The molecule has 2 aliphatic heterocycles. The molecule has 6 nitrogen and oxygen atoms in total. The zero-order valence-electron chi connectivity index (χ0n) is 16.5. The van der Waals surface area contributed by atoms with Crippen LogP contribution in [0.15, 0.2) is 0 Å². The quantitative estimate of drug-likeness (QED) is 0.660. The fraction of sp³-hybridized carbons (Fsp3) is 0.905. The Morgan fingerprint density at radius 1 is 1.00 bits per heavy atom. The predicted molar refractivity (Wildman–Crippen MR) is 107 cm³/mol. The number of primary amides is 1. The summed E-state index contributed by atoms with van der Waals surface area (Å²) >= 11 is 0. The molecule has 4 aliphatic rings. The van der Waals surface area contributed by atoms with Gasteiger partial charge in [0.2, 0.25) is 11.8 Å². The molecular formula is C21H40N2O4. The van der Waals surface area contributed by atoms with Crippen molar-refractivity contribution in [3.05, 3.63) is 0 Å². The first-order valence-electron chi connectivity index (χ1n) is 11.0. The normalized spacial score (nSPS) is 30.3. The maximum atomic E-state index is 12.0. The lowest BCUT2D eigenvalue weighted by Gasteiger charge is -2.21. The molecule has 4 rings (SSSR count). The molecule has 2 amide bonds. The first kappa shape index (κ1) is 20.6. The molecule has 2 aliphatic carbocycles. The van der Waals surface area contributed by atoms with Crippen LogP contribution in [-0.2, 0) is 19.1 Å². The van der Waals surface area contributed by atoms with E-state index >= 15 is 0 Å². The molecule has 3 atom stereocenters. The number of rotatable bonds is 7. The Bertz CT molecular complexity index is 499. The predicted octanol–water partition coefficient (Wildman–Crippen LogP) is 3.17. The molecule has 6 heteroatoms. The minimum atomic E-state index is -0.130. The average Bonchev–Trinajstić information content (AvgIpc) is 3.32. The van der Waals surface area contributed by atoms with E-state index in [4.69, 9.17) is 15.2 Å². The first-order chi connectivity index (χ1) is 13.1. The summed E-state index contributed by atoms with van der Waals surface area (Å²) in [5.41, 5.74) is 4.86. The van der Waals surface area contributed by atoms with Crippen LogP contribution < -0.4 is 11.1 Å². The van der Waals surface area contributed by atoms with Gasteiger partial charge in [0, 0.05) is 21.8 Å². The molecular weight excluding hydrogens is 344 g/mol. The minimum Gasteiger partial charge on any atom is -0.373 e. The van der Waals surface area contributed by atoms with Crippen LogP contribution in [0.4, 0.5) is 0 Å². The van der Waals surface area contributed by atoms with Crippen LogP contribution in [0.5, 0.6) is 0 Å². The van der Waals surface area contributed by atoms with E-state index < -0.39 is 0 Å². The Labute approximate surface area is 165 Å². The van der Waals surface area contributed by atoms with Gasteiger partial charge >= 0.3 is 0 Å². The topological polar surface area (TPSA) is 90.7 Å². The third kappa shape index (κ3) is 6.75. The van der Waals surface area contributed by atoms with Gasteiger partial charge in [0.1, 0.15) is 6.10 Å². The van der Waals surface area contributed by atoms with E-state index in [-0.39, 0.29) is 38.8 Å². The Hall–Kier alpha value is -1.14. The Morgan fingerprint density at radius 2 is 1.78 bits per heavy atom. The summed E-state index contributed by atoms with van der Waals surface area (Å²) in [6, 6.07) is 0.0725. The third-order valence-corrected chi connectivity index (χ3v) is 6.28. The second-order valence-corrected chi connectivity index (χ2v) is 8.60. The fourth-order valence-corrected chi connectivity index (χ4v) is 4.43. The van der Waals surface area contributed by atoms with Crippen LogP contribution in [0.2, 0.25) is 0 Å². The van der Waals surface area contributed by atoms with Gasteiger partial charge in [-0.1, -0.05) is 44.9 Å². The van der Waals surface area contributed by atoms with Crippen molar-refractivity contribution in [1.82, 2.24) is 5.32 Å². The number of ether oxygens (including phenoxy) is 2. The highest BCUT2D eigenvalue weighted by Gasteiger charge is 2.42. The van der Waals surface area contributed by atoms with E-state index in [0.29, 0.717) is 13.0 Å². The summed E-state index contributed by atoms with van der Waals surface area (Å²) in [6.45, 7) is 1.38. The number of amides is 2. The number of hydrogen-bond donors (Lipinski definition) is 2. The highest BCUT2D eigenvalue weighted by atomic mass is 16.6. The van der Waals surface area contributed by atoms with Crippen LogP contribution in [0.1, 0.15) is 79.9 Å². The van der Waals surface area contributed by atoms with Gasteiger partial charge in [0.15, 0.2) is 0 Å². The van der Waals surface area contributed by atoms with Gasteiger partial charge < -0.3 is 20.5 Å². The summed E-state index contributed by atoms with van der Waals surface area (Å²) in [6.07, 6.45) is 14.6. The van der Waals surface area contributed by atoms with Gasteiger partial charge in [-0.05, 0) is 31.6 Å². The van der Waals surface area contributed by atoms with E-state index in [2.05, 4.69) is 5.32 Å². The van der Waals surface area contributed by atoms with Crippen molar-refractivity contribution in [2.45, 2.75) is 95.3 Å². The minimum absolute atomic E-state index is 0. The number of unbranched alkanes of at least 4 members (excludes halogenated alkanes) is 1. The number of carbonyl (C=O) groups is 2. The highest BCUT2D eigenvalue weighted by molar-refractivity contribution is 5.78. The van der Waals surface area contributed by atoms with Gasteiger partial charge in [-0.2, -0.15) is 0 Å². The van der Waals surface area contributed by atoms with Gasteiger partial charge in [-0.25, -0.2) is 0 Å². The number of nitrogens with one attached hydrogen (secondary N) is 1. The molecule has 0 radical (unpaired) electrons. The number of carbonyl (C=O) groups excluding carboxylic acids is 2. The molecule has 2 saturated heterocycles. The molecule has 0 unspecified atom stereocenters. The summed E-state index contributed by atoms with van der Waals surface area (Å²) in [5.74, 6) is 1.21. The maximum Gasteiger partial charge on any atom is 0.220 e. The smallest absolute Gasteiger partial charge is 0.220 e. The number of hydrogen-bond acceptors (Lipinski definition) is 4. The van der Waals surface area contributed by atoms with Crippen LogP contribution in [0.3, 0.4) is 0 Å². The van der Waals surface area contributed by atoms with Crippen LogP contribution in [0, 0.1) is 11.8 Å². The SMILES string of the molecule is NC(=O)C1CC1.O=C(CCCCC1CCCCC1)N[C@H]1CO[C@@H]2CCO[C@H]12.[HH].[HH]. The lowest BCUT2D eigenvalue weighted by molar-refractivity contribution is -0.122. The van der Waals surface area contributed by atoms with Gasteiger partial charge in [-0.15, -0.1) is 0 Å². The molecule has 158 valence electrons. The largest absolute Gasteiger partial charge is 0.373 e. The lowest BCUT2D eigenvalue weighted by atomic mass is 9.85. The van der Waals surface area contributed by atoms with E-state index in [0.717, 1.165) is 38.2 Å². The zero-order chi connectivity index (χ0) is 19.1. The molecule has 2 heterocycles. The Morgan fingerprint density at radius 3 is 2.44 bits per heavy atom. The van der Waals surface area contributed by atoms with E-state index in [1.54, 1.807) is 0 Å². The fourth-order valence-electron chi connectivity index (χ4n) is 4.43. The maximum absolute atomic E-state index is 12.0. The molecule has 0 aromatic heterocycles. The summed E-state index contributed by atoms with van der Waals surface area (Å²) < 4.78 is 11.3.